The second-order valence-electron chi connectivity index (χ2n) is 11.0. The van der Waals surface area contributed by atoms with Crippen LogP contribution in [0.2, 0.25) is 0 Å². The minimum absolute atomic E-state index is 0.0711. The monoisotopic (exact) mass is 634 g/mol. The lowest BCUT2D eigenvalue weighted by Crippen LogP contribution is -2.25. The smallest absolute Gasteiger partial charge is 0.429 e. The Morgan fingerprint density at radius 2 is 1.22 bits per heavy atom. The molecule has 0 N–H and O–H groups in total. The van der Waals surface area contributed by atoms with Crippen LogP contribution in [0.25, 0.3) is 22.3 Å². The minimum Gasteiger partial charge on any atom is -0.429 e. The molecule has 1 aliphatic rings. The van der Waals surface area contributed by atoms with Crippen LogP contribution < -0.4 is 4.74 Å². The summed E-state index contributed by atoms with van der Waals surface area (Å²) in [5, 5.41) is 0. The van der Waals surface area contributed by atoms with Gasteiger partial charge in [-0.3, -0.25) is 0 Å². The molecular weight excluding hydrogens is 607 g/mol. The number of halogens is 9. The van der Waals surface area contributed by atoms with E-state index in [1.807, 2.05) is 6.92 Å². The maximum absolute atomic E-state index is 15.0. The van der Waals surface area contributed by atoms with Crippen molar-refractivity contribution in [2.24, 2.45) is 5.92 Å². The molecule has 4 aromatic rings. The van der Waals surface area contributed by atoms with E-state index in [1.165, 1.54) is 6.07 Å². The van der Waals surface area contributed by atoms with E-state index >= 15 is 8.78 Å². The van der Waals surface area contributed by atoms with Crippen LogP contribution >= 0.6 is 0 Å². The summed E-state index contributed by atoms with van der Waals surface area (Å²) in [4.78, 5) is 0. The van der Waals surface area contributed by atoms with E-state index in [9.17, 15) is 30.7 Å². The molecule has 0 radical (unpaired) electrons. The molecule has 0 amide bonds. The highest BCUT2D eigenvalue weighted by Gasteiger charge is 2.41. The van der Waals surface area contributed by atoms with Crippen molar-refractivity contribution in [2.75, 3.05) is 0 Å². The first-order valence-corrected chi connectivity index (χ1v) is 14.3. The molecule has 0 spiro atoms. The summed E-state index contributed by atoms with van der Waals surface area (Å²) < 4.78 is 135. The average molecular weight is 635 g/mol. The van der Waals surface area contributed by atoms with Crippen molar-refractivity contribution in [3.05, 3.63) is 125 Å². The molecule has 1 saturated carbocycles. The van der Waals surface area contributed by atoms with Gasteiger partial charge in [0.25, 0.3) is 0 Å². The van der Waals surface area contributed by atoms with E-state index in [4.69, 9.17) is 0 Å². The van der Waals surface area contributed by atoms with E-state index in [-0.39, 0.29) is 33.7 Å². The molecule has 0 unspecified atom stereocenters. The highest BCUT2D eigenvalue weighted by Crippen LogP contribution is 2.41. The Labute approximate surface area is 254 Å². The summed E-state index contributed by atoms with van der Waals surface area (Å²) in [5.41, 5.74) is -2.26. The van der Waals surface area contributed by atoms with Crippen molar-refractivity contribution in [1.29, 1.82) is 0 Å². The fourth-order valence-corrected chi connectivity index (χ4v) is 5.70. The zero-order valence-electron chi connectivity index (χ0n) is 23.9. The molecule has 236 valence electrons. The second kappa shape index (κ2) is 13.0. The summed E-state index contributed by atoms with van der Waals surface area (Å²) in [6, 6.07) is 8.55. The fourth-order valence-electron chi connectivity index (χ4n) is 5.70. The molecule has 0 bridgehead atoms. The first-order chi connectivity index (χ1) is 21.4. The van der Waals surface area contributed by atoms with Gasteiger partial charge in [0.15, 0.2) is 17.5 Å². The van der Waals surface area contributed by atoms with Crippen molar-refractivity contribution in [3.63, 3.8) is 0 Å². The number of ether oxygens (including phenoxy) is 1. The Bertz CT molecular complexity index is 1690. The van der Waals surface area contributed by atoms with Crippen molar-refractivity contribution < 1.29 is 44.3 Å². The molecule has 0 saturated heterocycles. The fraction of sp³-hybridized carbons (Fsp3) is 0.257. The topological polar surface area (TPSA) is 9.23 Å². The predicted molar refractivity (Wildman–Crippen MR) is 152 cm³/mol. The van der Waals surface area contributed by atoms with Gasteiger partial charge in [-0.2, -0.15) is 8.78 Å². The maximum Gasteiger partial charge on any atom is 0.432 e. The number of allylic oxidation sites excluding steroid dienone is 2. The molecule has 0 aromatic heterocycles. The third-order valence-electron chi connectivity index (χ3n) is 8.00. The van der Waals surface area contributed by atoms with Gasteiger partial charge < -0.3 is 4.74 Å². The predicted octanol–water partition coefficient (Wildman–Crippen LogP) is 11.4. The van der Waals surface area contributed by atoms with Crippen LogP contribution in [-0.4, -0.2) is 0 Å². The number of hydrogen-bond acceptors (Lipinski definition) is 1. The lowest BCUT2D eigenvalue weighted by molar-refractivity contribution is -0.189. The van der Waals surface area contributed by atoms with E-state index in [0.717, 1.165) is 55.7 Å². The Morgan fingerprint density at radius 3 is 1.80 bits per heavy atom. The van der Waals surface area contributed by atoms with Crippen LogP contribution in [0.3, 0.4) is 0 Å². The number of rotatable bonds is 8. The van der Waals surface area contributed by atoms with E-state index in [1.54, 1.807) is 0 Å². The van der Waals surface area contributed by atoms with Gasteiger partial charge in [-0.05, 0) is 103 Å². The summed E-state index contributed by atoms with van der Waals surface area (Å²) >= 11 is 0. The van der Waals surface area contributed by atoms with E-state index in [2.05, 4.69) is 16.9 Å². The van der Waals surface area contributed by atoms with Gasteiger partial charge in [0.1, 0.15) is 34.6 Å². The van der Waals surface area contributed by atoms with Gasteiger partial charge >= 0.3 is 6.11 Å². The summed E-state index contributed by atoms with van der Waals surface area (Å²) in [5.74, 6) is -10.5. The largest absolute Gasteiger partial charge is 0.432 e. The number of benzene rings is 4. The Hall–Kier alpha value is -4.21. The third kappa shape index (κ3) is 6.89. The maximum atomic E-state index is 15.0. The molecule has 1 nitrogen and oxygen atoms in total. The summed E-state index contributed by atoms with van der Waals surface area (Å²) in [7, 11) is 0. The molecule has 4 aromatic carbocycles. The van der Waals surface area contributed by atoms with Crippen molar-refractivity contribution >= 4 is 0 Å². The van der Waals surface area contributed by atoms with Crippen molar-refractivity contribution in [2.45, 2.75) is 51.1 Å². The number of alkyl halides is 2. The normalized spacial score (nSPS) is 17.2. The average Bonchev–Trinajstić information content (AvgIpc) is 2.98. The zero-order valence-corrected chi connectivity index (χ0v) is 23.9. The van der Waals surface area contributed by atoms with Gasteiger partial charge in [0, 0.05) is 17.2 Å². The molecule has 5 rings (SSSR count). The molecule has 45 heavy (non-hydrogen) atoms. The van der Waals surface area contributed by atoms with Gasteiger partial charge in [-0.15, -0.1) is 0 Å². The van der Waals surface area contributed by atoms with Crippen LogP contribution in [0.5, 0.6) is 5.75 Å². The Balaban J connectivity index is 1.33. The lowest BCUT2D eigenvalue weighted by atomic mass is 9.78. The first kappa shape index (κ1) is 32.2. The van der Waals surface area contributed by atoms with Crippen LogP contribution in [0.1, 0.15) is 56.1 Å². The molecule has 1 aliphatic carbocycles. The summed E-state index contributed by atoms with van der Waals surface area (Å²) in [6.07, 6.45) is 3.56. The molecule has 10 heteroatoms. The Kier molecular flexibility index (Phi) is 9.32. The van der Waals surface area contributed by atoms with E-state index in [0.29, 0.717) is 37.0 Å². The standard InChI is InChI=1S/C35H27F9O/c1-2-3-4-19-5-7-20(8-6-19)22-14-29(38)33(30(39)15-22)35(43,44)45-24-10-12-25(28(37)18-24)21-9-11-26(27(36)13-21)23-16-31(40)34(42)32(41)17-23/h3-4,9-20H,2,5-8H2,1H3. The van der Waals surface area contributed by atoms with Crippen LogP contribution in [-0.2, 0) is 6.11 Å². The first-order valence-electron chi connectivity index (χ1n) is 14.3. The van der Waals surface area contributed by atoms with Crippen molar-refractivity contribution in [3.8, 4) is 28.0 Å². The molecule has 1 fully saturated rings. The van der Waals surface area contributed by atoms with Crippen LogP contribution in [0.15, 0.2) is 72.8 Å². The molecule has 0 heterocycles. The quantitative estimate of drug-likeness (QED) is 0.106. The second-order valence-corrected chi connectivity index (χ2v) is 11.0. The van der Waals surface area contributed by atoms with Crippen molar-refractivity contribution in [1.82, 2.24) is 0 Å². The van der Waals surface area contributed by atoms with Gasteiger partial charge in [0.05, 0.1) is 0 Å². The van der Waals surface area contributed by atoms with Crippen LogP contribution in [0, 0.1) is 46.6 Å². The van der Waals surface area contributed by atoms with Gasteiger partial charge in [0.2, 0.25) is 0 Å². The van der Waals surface area contributed by atoms with Gasteiger partial charge in [-0.1, -0.05) is 31.2 Å². The number of hydrogen-bond donors (Lipinski definition) is 0. The van der Waals surface area contributed by atoms with E-state index < -0.39 is 58.1 Å². The highest BCUT2D eigenvalue weighted by atomic mass is 19.3. The van der Waals surface area contributed by atoms with Gasteiger partial charge in [-0.25, -0.2) is 30.7 Å². The minimum atomic E-state index is -4.50. The lowest BCUT2D eigenvalue weighted by Gasteiger charge is -2.28. The molecule has 0 aliphatic heterocycles. The molecule has 0 atom stereocenters. The third-order valence-corrected chi connectivity index (χ3v) is 8.00. The SMILES string of the molecule is CCC=CC1CCC(c2cc(F)c(C(F)(F)Oc3ccc(-c4ccc(-c5cc(F)c(F)c(F)c5)c(F)c4)c(F)c3)c(F)c2)CC1. The summed E-state index contributed by atoms with van der Waals surface area (Å²) in [6.45, 7) is 2.03. The molecular formula is C35H27F9O. The van der Waals surface area contributed by atoms with Crippen LogP contribution in [0.4, 0.5) is 39.5 Å². The zero-order chi connectivity index (χ0) is 32.5. The highest BCUT2D eigenvalue weighted by molar-refractivity contribution is 5.72. The Morgan fingerprint density at radius 1 is 0.667 bits per heavy atom.